The number of pyridine rings is 1. The molecule has 3 rings (SSSR count). The van der Waals surface area contributed by atoms with Crippen LogP contribution in [0.1, 0.15) is 38.3 Å². The summed E-state index contributed by atoms with van der Waals surface area (Å²) < 4.78 is 0. The SMILES string of the molecule is CC(=O)N1CCC(C(=O)CC2=NN=C(c3ccccn3)C2)CC1. The van der Waals surface area contributed by atoms with Crippen LogP contribution in [-0.4, -0.2) is 46.1 Å². The Bertz CT molecular complexity index is 658. The van der Waals surface area contributed by atoms with Crippen molar-refractivity contribution in [3.63, 3.8) is 0 Å². The lowest BCUT2D eigenvalue weighted by atomic mass is 9.89. The molecule has 0 atom stereocenters. The largest absolute Gasteiger partial charge is 0.343 e. The van der Waals surface area contributed by atoms with Crippen molar-refractivity contribution >= 4 is 23.1 Å². The third kappa shape index (κ3) is 3.70. The summed E-state index contributed by atoms with van der Waals surface area (Å²) in [5, 5.41) is 8.31. The monoisotopic (exact) mass is 312 g/mol. The number of likely N-dealkylation sites (tertiary alicyclic amines) is 1. The number of ketones is 1. The van der Waals surface area contributed by atoms with Crippen molar-refractivity contribution in [2.24, 2.45) is 16.1 Å². The molecule has 0 bridgehead atoms. The van der Waals surface area contributed by atoms with Gasteiger partial charge in [0.25, 0.3) is 0 Å². The average molecular weight is 312 g/mol. The van der Waals surface area contributed by atoms with Crippen molar-refractivity contribution in [1.29, 1.82) is 0 Å². The van der Waals surface area contributed by atoms with E-state index in [0.717, 1.165) is 30.0 Å². The van der Waals surface area contributed by atoms with Gasteiger partial charge in [-0.15, -0.1) is 0 Å². The number of amides is 1. The highest BCUT2D eigenvalue weighted by Crippen LogP contribution is 2.21. The van der Waals surface area contributed by atoms with Gasteiger partial charge in [0.1, 0.15) is 5.78 Å². The maximum atomic E-state index is 12.4. The number of rotatable bonds is 4. The van der Waals surface area contributed by atoms with Gasteiger partial charge < -0.3 is 4.90 Å². The first kappa shape index (κ1) is 15.5. The van der Waals surface area contributed by atoms with Gasteiger partial charge in [0, 0.05) is 45.0 Å². The zero-order valence-electron chi connectivity index (χ0n) is 13.2. The average Bonchev–Trinajstić information content (AvgIpc) is 3.04. The minimum Gasteiger partial charge on any atom is -0.343 e. The molecule has 0 N–H and O–H groups in total. The first-order chi connectivity index (χ1) is 11.1. The Hall–Kier alpha value is -2.37. The molecule has 0 saturated carbocycles. The summed E-state index contributed by atoms with van der Waals surface area (Å²) in [6, 6.07) is 5.67. The van der Waals surface area contributed by atoms with Gasteiger partial charge in [0.2, 0.25) is 5.91 Å². The topological polar surface area (TPSA) is 75.0 Å². The number of hydrogen-bond donors (Lipinski definition) is 0. The van der Waals surface area contributed by atoms with Crippen molar-refractivity contribution in [1.82, 2.24) is 9.88 Å². The van der Waals surface area contributed by atoms with E-state index >= 15 is 0 Å². The molecule has 0 unspecified atom stereocenters. The summed E-state index contributed by atoms with van der Waals surface area (Å²) in [5.74, 6) is 0.334. The number of aromatic nitrogens is 1. The van der Waals surface area contributed by atoms with Crippen LogP contribution in [0.5, 0.6) is 0 Å². The molecule has 2 aliphatic rings. The highest BCUT2D eigenvalue weighted by atomic mass is 16.2. The van der Waals surface area contributed by atoms with Crippen LogP contribution in [0.3, 0.4) is 0 Å². The third-order valence-corrected chi connectivity index (χ3v) is 4.42. The summed E-state index contributed by atoms with van der Waals surface area (Å²) in [5.41, 5.74) is 2.44. The molecule has 6 nitrogen and oxygen atoms in total. The van der Waals surface area contributed by atoms with Crippen molar-refractivity contribution in [2.75, 3.05) is 13.1 Å². The Morgan fingerprint density at radius 3 is 2.65 bits per heavy atom. The Kier molecular flexibility index (Phi) is 4.60. The number of hydrogen-bond acceptors (Lipinski definition) is 5. The summed E-state index contributed by atoms with van der Waals surface area (Å²) in [6.45, 7) is 2.92. The van der Waals surface area contributed by atoms with Crippen molar-refractivity contribution in [3.05, 3.63) is 30.1 Å². The van der Waals surface area contributed by atoms with Crippen LogP contribution in [0.15, 0.2) is 34.6 Å². The number of Topliss-reactive ketones (excluding diaryl/α,β-unsaturated/α-hetero) is 1. The molecule has 23 heavy (non-hydrogen) atoms. The van der Waals surface area contributed by atoms with E-state index in [1.54, 1.807) is 18.0 Å². The van der Waals surface area contributed by atoms with Crippen molar-refractivity contribution in [2.45, 2.75) is 32.6 Å². The van der Waals surface area contributed by atoms with Crippen molar-refractivity contribution in [3.8, 4) is 0 Å². The molecule has 1 saturated heterocycles. The quantitative estimate of drug-likeness (QED) is 0.851. The van der Waals surface area contributed by atoms with E-state index in [0.29, 0.717) is 25.9 Å². The Morgan fingerprint density at radius 2 is 2.00 bits per heavy atom. The molecule has 1 aromatic heterocycles. The molecule has 0 aromatic carbocycles. The zero-order valence-corrected chi connectivity index (χ0v) is 13.2. The second-order valence-corrected chi connectivity index (χ2v) is 6.03. The van der Waals surface area contributed by atoms with Crippen LogP contribution in [0.25, 0.3) is 0 Å². The fraction of sp³-hybridized carbons (Fsp3) is 0.471. The summed E-state index contributed by atoms with van der Waals surface area (Å²) in [4.78, 5) is 29.8. The van der Waals surface area contributed by atoms with Crippen molar-refractivity contribution < 1.29 is 9.59 Å². The molecule has 2 aliphatic heterocycles. The maximum Gasteiger partial charge on any atom is 0.219 e. The van der Waals surface area contributed by atoms with E-state index in [9.17, 15) is 9.59 Å². The first-order valence-corrected chi connectivity index (χ1v) is 7.95. The van der Waals surface area contributed by atoms with Crippen LogP contribution in [-0.2, 0) is 9.59 Å². The number of carbonyl (C=O) groups excluding carboxylic acids is 2. The van der Waals surface area contributed by atoms with Gasteiger partial charge in [-0.3, -0.25) is 14.6 Å². The van der Waals surface area contributed by atoms with Crippen LogP contribution in [0, 0.1) is 5.92 Å². The molecule has 1 fully saturated rings. The van der Waals surface area contributed by atoms with E-state index in [1.807, 2.05) is 18.2 Å². The molecule has 6 heteroatoms. The standard InChI is InChI=1S/C17H20N4O2/c1-12(22)21-8-5-13(6-9-21)17(23)11-14-10-16(20-19-14)15-4-2-3-7-18-15/h2-4,7,13H,5-6,8-11H2,1H3. The van der Waals surface area contributed by atoms with Gasteiger partial charge in [-0.2, -0.15) is 10.2 Å². The van der Waals surface area contributed by atoms with Crippen LogP contribution in [0.4, 0.5) is 0 Å². The number of nitrogens with zero attached hydrogens (tertiary/aromatic N) is 4. The molecule has 120 valence electrons. The fourth-order valence-corrected chi connectivity index (χ4v) is 3.03. The summed E-state index contributed by atoms with van der Waals surface area (Å²) in [6.07, 6.45) is 4.17. The molecule has 0 radical (unpaired) electrons. The number of piperidine rings is 1. The Balaban J connectivity index is 1.50. The third-order valence-electron chi connectivity index (χ3n) is 4.42. The van der Waals surface area contributed by atoms with E-state index in [2.05, 4.69) is 15.2 Å². The van der Waals surface area contributed by atoms with Gasteiger partial charge in [-0.25, -0.2) is 0 Å². The van der Waals surface area contributed by atoms with E-state index in [1.165, 1.54) is 0 Å². The maximum absolute atomic E-state index is 12.4. The fourth-order valence-electron chi connectivity index (χ4n) is 3.03. The molecular formula is C17H20N4O2. The zero-order chi connectivity index (χ0) is 16.2. The van der Waals surface area contributed by atoms with Gasteiger partial charge in [-0.05, 0) is 25.0 Å². The lowest BCUT2D eigenvalue weighted by molar-refractivity contribution is -0.132. The first-order valence-electron chi connectivity index (χ1n) is 7.95. The molecule has 1 aromatic rings. The minimum atomic E-state index is 0.0344. The van der Waals surface area contributed by atoms with Gasteiger partial charge in [0.05, 0.1) is 17.1 Å². The highest BCUT2D eigenvalue weighted by Gasteiger charge is 2.27. The summed E-state index contributed by atoms with van der Waals surface area (Å²) in [7, 11) is 0. The van der Waals surface area contributed by atoms with E-state index in [-0.39, 0.29) is 17.6 Å². The second kappa shape index (κ2) is 6.81. The van der Waals surface area contributed by atoms with Crippen LogP contribution >= 0.6 is 0 Å². The second-order valence-electron chi connectivity index (χ2n) is 6.03. The molecule has 1 amide bonds. The molecule has 0 aliphatic carbocycles. The Morgan fingerprint density at radius 1 is 1.22 bits per heavy atom. The lowest BCUT2D eigenvalue weighted by Crippen LogP contribution is -2.39. The van der Waals surface area contributed by atoms with Gasteiger partial charge >= 0.3 is 0 Å². The highest BCUT2D eigenvalue weighted by molar-refractivity contribution is 6.18. The van der Waals surface area contributed by atoms with Crippen LogP contribution < -0.4 is 0 Å². The molecular weight excluding hydrogens is 292 g/mol. The lowest BCUT2D eigenvalue weighted by Gasteiger charge is -2.30. The molecule has 0 spiro atoms. The minimum absolute atomic E-state index is 0.0344. The normalized spacial score (nSPS) is 18.6. The number of carbonyl (C=O) groups is 2. The summed E-state index contributed by atoms with van der Waals surface area (Å²) >= 11 is 0. The molecule has 3 heterocycles. The van der Waals surface area contributed by atoms with E-state index < -0.39 is 0 Å². The smallest absolute Gasteiger partial charge is 0.219 e. The predicted octanol–water partition coefficient (Wildman–Crippen LogP) is 1.85. The van der Waals surface area contributed by atoms with Gasteiger partial charge in [-0.1, -0.05) is 6.07 Å². The predicted molar refractivity (Wildman–Crippen MR) is 87.4 cm³/mol. The van der Waals surface area contributed by atoms with E-state index in [4.69, 9.17) is 0 Å². The van der Waals surface area contributed by atoms with Crippen LogP contribution in [0.2, 0.25) is 0 Å². The van der Waals surface area contributed by atoms with Gasteiger partial charge in [0.15, 0.2) is 0 Å². The Labute approximate surface area is 135 Å².